The minimum Gasteiger partial charge on any atom is -0.484 e. The van der Waals surface area contributed by atoms with Crippen molar-refractivity contribution >= 4 is 23.2 Å². The van der Waals surface area contributed by atoms with Gasteiger partial charge in [-0.05, 0) is 48.0 Å². The normalized spacial score (nSPS) is 10.7. The summed E-state index contributed by atoms with van der Waals surface area (Å²) in [6, 6.07) is 19.1. The summed E-state index contributed by atoms with van der Waals surface area (Å²) in [5, 5.41) is 13.7. The fraction of sp³-hybridized carbons (Fsp3) is 0.125. The third kappa shape index (κ3) is 6.58. The monoisotopic (exact) mass is 453 g/mol. The number of hydrogen-bond acceptors (Lipinski definition) is 4. The van der Waals surface area contributed by atoms with Crippen LogP contribution in [-0.2, 0) is 17.4 Å². The van der Waals surface area contributed by atoms with Crippen LogP contribution in [0.3, 0.4) is 0 Å². The molecule has 33 heavy (non-hydrogen) atoms. The van der Waals surface area contributed by atoms with Gasteiger partial charge in [0, 0.05) is 5.69 Å². The van der Waals surface area contributed by atoms with Gasteiger partial charge in [-0.15, -0.1) is 0 Å². The standard InChI is InChI=1S/C24H18F3N3O3/c25-24(26,27)17-4-3-5-18(14-17)29-23(32)20-6-1-2-7-21(20)30-22(31)15-33-19-10-8-16(9-11-19)12-13-28/h1-11,14H,12,15H2,(H,29,32)(H,30,31). The fourth-order valence-electron chi connectivity index (χ4n) is 2.89. The van der Waals surface area contributed by atoms with E-state index in [1.165, 1.54) is 24.3 Å². The number of para-hydroxylation sites is 1. The van der Waals surface area contributed by atoms with E-state index in [0.29, 0.717) is 5.75 Å². The van der Waals surface area contributed by atoms with Gasteiger partial charge in [0.25, 0.3) is 11.8 Å². The molecular weight excluding hydrogens is 435 g/mol. The Hall–Kier alpha value is -4.32. The van der Waals surface area contributed by atoms with E-state index in [2.05, 4.69) is 10.6 Å². The van der Waals surface area contributed by atoms with Crippen molar-refractivity contribution in [2.45, 2.75) is 12.6 Å². The summed E-state index contributed by atoms with van der Waals surface area (Å²) in [7, 11) is 0. The van der Waals surface area contributed by atoms with Crippen molar-refractivity contribution in [3.63, 3.8) is 0 Å². The molecule has 0 spiro atoms. The summed E-state index contributed by atoms with van der Waals surface area (Å²) in [6.45, 7) is -0.332. The second-order valence-electron chi connectivity index (χ2n) is 6.89. The number of halogens is 3. The van der Waals surface area contributed by atoms with Crippen LogP contribution in [0.2, 0.25) is 0 Å². The Morgan fingerprint density at radius 3 is 2.36 bits per heavy atom. The molecular formula is C24H18F3N3O3. The molecule has 168 valence electrons. The summed E-state index contributed by atoms with van der Waals surface area (Å²) in [5.41, 5.74) is 0.151. The quantitative estimate of drug-likeness (QED) is 0.524. The second-order valence-corrected chi connectivity index (χ2v) is 6.89. The van der Waals surface area contributed by atoms with E-state index in [0.717, 1.165) is 17.7 Å². The van der Waals surface area contributed by atoms with Gasteiger partial charge in [-0.1, -0.05) is 30.3 Å². The summed E-state index contributed by atoms with van der Waals surface area (Å²) < 4.78 is 44.1. The van der Waals surface area contributed by atoms with Crippen molar-refractivity contribution in [3.8, 4) is 11.8 Å². The van der Waals surface area contributed by atoms with Crippen LogP contribution < -0.4 is 15.4 Å². The molecule has 2 N–H and O–H groups in total. The summed E-state index contributed by atoms with van der Waals surface area (Å²) in [5.74, 6) is -0.781. The Balaban J connectivity index is 1.64. The molecule has 3 aromatic rings. The first-order valence-corrected chi connectivity index (χ1v) is 9.72. The minimum absolute atomic E-state index is 0.0286. The number of benzene rings is 3. The Morgan fingerprint density at radius 2 is 1.67 bits per heavy atom. The average Bonchev–Trinajstić information content (AvgIpc) is 2.79. The molecule has 0 aromatic heterocycles. The third-order valence-corrected chi connectivity index (χ3v) is 4.47. The highest BCUT2D eigenvalue weighted by Crippen LogP contribution is 2.31. The number of nitrogens with zero attached hydrogens (tertiary/aromatic N) is 1. The topological polar surface area (TPSA) is 91.2 Å². The Morgan fingerprint density at radius 1 is 0.939 bits per heavy atom. The van der Waals surface area contributed by atoms with Crippen LogP contribution in [-0.4, -0.2) is 18.4 Å². The highest BCUT2D eigenvalue weighted by Gasteiger charge is 2.30. The van der Waals surface area contributed by atoms with Crippen molar-refractivity contribution in [1.29, 1.82) is 5.26 Å². The zero-order valence-corrected chi connectivity index (χ0v) is 17.1. The van der Waals surface area contributed by atoms with E-state index in [1.807, 2.05) is 6.07 Å². The van der Waals surface area contributed by atoms with Crippen LogP contribution in [0.25, 0.3) is 0 Å². The molecule has 0 radical (unpaired) electrons. The van der Waals surface area contributed by atoms with Crippen molar-refractivity contribution in [2.24, 2.45) is 0 Å². The lowest BCUT2D eigenvalue weighted by Gasteiger charge is -2.13. The van der Waals surface area contributed by atoms with E-state index in [1.54, 1.807) is 36.4 Å². The number of carbonyl (C=O) groups is 2. The third-order valence-electron chi connectivity index (χ3n) is 4.47. The molecule has 0 bridgehead atoms. The average molecular weight is 453 g/mol. The molecule has 0 aliphatic heterocycles. The Bertz CT molecular complexity index is 1190. The van der Waals surface area contributed by atoms with Crippen LogP contribution in [0.5, 0.6) is 5.75 Å². The van der Waals surface area contributed by atoms with E-state index >= 15 is 0 Å². The molecule has 3 aromatic carbocycles. The van der Waals surface area contributed by atoms with Gasteiger partial charge < -0.3 is 15.4 Å². The molecule has 0 saturated heterocycles. The van der Waals surface area contributed by atoms with Gasteiger partial charge in [0.2, 0.25) is 0 Å². The molecule has 0 aliphatic carbocycles. The highest BCUT2D eigenvalue weighted by molar-refractivity contribution is 6.10. The largest absolute Gasteiger partial charge is 0.484 e. The first-order valence-electron chi connectivity index (χ1n) is 9.72. The smallest absolute Gasteiger partial charge is 0.416 e. The molecule has 2 amide bonds. The maximum absolute atomic E-state index is 12.9. The van der Waals surface area contributed by atoms with Crippen LogP contribution in [0.15, 0.2) is 72.8 Å². The lowest BCUT2D eigenvalue weighted by Crippen LogP contribution is -2.23. The Kier molecular flexibility index (Phi) is 7.31. The van der Waals surface area contributed by atoms with Gasteiger partial charge in [0.1, 0.15) is 5.75 Å². The van der Waals surface area contributed by atoms with E-state index in [9.17, 15) is 22.8 Å². The van der Waals surface area contributed by atoms with Crippen molar-refractivity contribution in [2.75, 3.05) is 17.2 Å². The highest BCUT2D eigenvalue weighted by atomic mass is 19.4. The van der Waals surface area contributed by atoms with Crippen molar-refractivity contribution < 1.29 is 27.5 Å². The molecule has 0 heterocycles. The first kappa shape index (κ1) is 23.3. The van der Waals surface area contributed by atoms with Crippen LogP contribution in [0.1, 0.15) is 21.5 Å². The zero-order chi connectivity index (χ0) is 23.8. The zero-order valence-electron chi connectivity index (χ0n) is 17.1. The number of nitrogens with one attached hydrogen (secondary N) is 2. The number of rotatable bonds is 7. The molecule has 0 fully saturated rings. The predicted octanol–water partition coefficient (Wildman–Crippen LogP) is 5.04. The molecule has 9 heteroatoms. The molecule has 0 unspecified atom stereocenters. The molecule has 0 saturated carbocycles. The van der Waals surface area contributed by atoms with Crippen molar-refractivity contribution in [1.82, 2.24) is 0 Å². The SMILES string of the molecule is N#CCc1ccc(OCC(=O)Nc2ccccc2C(=O)Nc2cccc(C(F)(F)F)c2)cc1. The molecule has 0 atom stereocenters. The van der Waals surface area contributed by atoms with Gasteiger partial charge in [-0.2, -0.15) is 18.4 Å². The first-order chi connectivity index (χ1) is 15.8. The number of ether oxygens (including phenoxy) is 1. The lowest BCUT2D eigenvalue weighted by molar-refractivity contribution is -0.137. The van der Waals surface area contributed by atoms with Crippen molar-refractivity contribution in [3.05, 3.63) is 89.5 Å². The number of amides is 2. The van der Waals surface area contributed by atoms with Gasteiger partial charge >= 0.3 is 6.18 Å². The number of nitriles is 1. The molecule has 0 aliphatic rings. The van der Waals surface area contributed by atoms with Gasteiger partial charge in [-0.3, -0.25) is 9.59 Å². The summed E-state index contributed by atoms with van der Waals surface area (Å²) in [6.07, 6.45) is -4.28. The summed E-state index contributed by atoms with van der Waals surface area (Å²) in [4.78, 5) is 25.0. The number of anilines is 2. The van der Waals surface area contributed by atoms with Gasteiger partial charge in [0.15, 0.2) is 6.61 Å². The predicted molar refractivity (Wildman–Crippen MR) is 116 cm³/mol. The van der Waals surface area contributed by atoms with E-state index < -0.39 is 23.6 Å². The number of carbonyl (C=O) groups excluding carboxylic acids is 2. The van der Waals surface area contributed by atoms with E-state index in [4.69, 9.17) is 10.00 Å². The van der Waals surface area contributed by atoms with E-state index in [-0.39, 0.29) is 30.0 Å². The van der Waals surface area contributed by atoms with Gasteiger partial charge in [-0.25, -0.2) is 0 Å². The number of alkyl halides is 3. The lowest BCUT2D eigenvalue weighted by atomic mass is 10.1. The fourth-order valence-corrected chi connectivity index (χ4v) is 2.89. The number of hydrogen-bond donors (Lipinski definition) is 2. The Labute approximate surface area is 187 Å². The van der Waals surface area contributed by atoms with Crippen LogP contribution in [0.4, 0.5) is 24.5 Å². The van der Waals surface area contributed by atoms with Crippen LogP contribution in [0, 0.1) is 11.3 Å². The second kappa shape index (κ2) is 10.3. The minimum atomic E-state index is -4.54. The molecule has 3 rings (SSSR count). The maximum Gasteiger partial charge on any atom is 0.416 e. The van der Waals surface area contributed by atoms with Gasteiger partial charge in [0.05, 0.1) is 29.3 Å². The van der Waals surface area contributed by atoms with Crippen LogP contribution >= 0.6 is 0 Å². The maximum atomic E-state index is 12.9. The summed E-state index contributed by atoms with van der Waals surface area (Å²) >= 11 is 0. The molecule has 6 nitrogen and oxygen atoms in total.